The van der Waals surface area contributed by atoms with Gasteiger partial charge in [0.15, 0.2) is 11.5 Å². The maximum Gasteiger partial charge on any atom is 0.307 e. The second kappa shape index (κ2) is 7.17. The maximum atomic E-state index is 11.0. The molecule has 1 rings (SSSR count). The van der Waals surface area contributed by atoms with E-state index in [-0.39, 0.29) is 30.1 Å². The molecule has 1 aromatic carbocycles. The summed E-state index contributed by atoms with van der Waals surface area (Å²) in [6.07, 6.45) is 0.0992. The molecule has 8 nitrogen and oxygen atoms in total. The molecule has 110 valence electrons. The molecule has 0 aromatic heterocycles. The number of hydrogen-bond acceptors (Lipinski definition) is 7. The Balaban J connectivity index is 2.97. The SMILES string of the molecule is COC(=O)CCNc1cc(OC)c(OC)cc1[N+](=O)[O-]. The van der Waals surface area contributed by atoms with E-state index in [0.717, 1.165) is 0 Å². The monoisotopic (exact) mass is 284 g/mol. The first-order valence-electron chi connectivity index (χ1n) is 5.74. The number of nitrogens with one attached hydrogen (secondary N) is 1. The number of carbonyl (C=O) groups is 1. The van der Waals surface area contributed by atoms with Crippen LogP contribution in [0.1, 0.15) is 6.42 Å². The second-order valence-corrected chi connectivity index (χ2v) is 3.73. The first-order valence-corrected chi connectivity index (χ1v) is 5.74. The molecule has 20 heavy (non-hydrogen) atoms. The first-order chi connectivity index (χ1) is 9.53. The number of nitro benzene ring substituents is 1. The smallest absolute Gasteiger partial charge is 0.307 e. The summed E-state index contributed by atoms with van der Waals surface area (Å²) in [5.74, 6) is 0.219. The van der Waals surface area contributed by atoms with Crippen LogP contribution in [-0.4, -0.2) is 38.8 Å². The van der Waals surface area contributed by atoms with Crippen LogP contribution in [-0.2, 0) is 9.53 Å². The van der Waals surface area contributed by atoms with Gasteiger partial charge < -0.3 is 19.5 Å². The minimum atomic E-state index is -0.539. The standard InChI is InChI=1S/C12H16N2O6/c1-18-10-6-8(13-5-4-12(15)20-3)9(14(16)17)7-11(10)19-2/h6-7,13H,4-5H2,1-3H3. The summed E-state index contributed by atoms with van der Waals surface area (Å²) in [5, 5.41) is 13.8. The molecule has 0 atom stereocenters. The third kappa shape index (κ3) is 3.74. The summed E-state index contributed by atoms with van der Waals surface area (Å²) in [6, 6.07) is 2.72. The van der Waals surface area contributed by atoms with Crippen LogP contribution in [0, 0.1) is 10.1 Å². The lowest BCUT2D eigenvalue weighted by Crippen LogP contribution is -2.11. The molecule has 0 saturated carbocycles. The number of methoxy groups -OCH3 is 3. The van der Waals surface area contributed by atoms with Crippen molar-refractivity contribution in [1.82, 2.24) is 0 Å². The van der Waals surface area contributed by atoms with Gasteiger partial charge in [0, 0.05) is 12.6 Å². The van der Waals surface area contributed by atoms with Gasteiger partial charge in [-0.3, -0.25) is 14.9 Å². The number of anilines is 1. The van der Waals surface area contributed by atoms with E-state index in [0.29, 0.717) is 5.75 Å². The van der Waals surface area contributed by atoms with Gasteiger partial charge in [0.25, 0.3) is 5.69 Å². The van der Waals surface area contributed by atoms with E-state index in [9.17, 15) is 14.9 Å². The van der Waals surface area contributed by atoms with Crippen LogP contribution in [0.25, 0.3) is 0 Å². The van der Waals surface area contributed by atoms with Crippen LogP contribution in [0.3, 0.4) is 0 Å². The van der Waals surface area contributed by atoms with Gasteiger partial charge in [-0.1, -0.05) is 0 Å². The van der Waals surface area contributed by atoms with Crippen LogP contribution in [0.4, 0.5) is 11.4 Å². The van der Waals surface area contributed by atoms with Crippen LogP contribution in [0.5, 0.6) is 11.5 Å². The van der Waals surface area contributed by atoms with E-state index in [1.807, 2.05) is 0 Å². The fourth-order valence-electron chi connectivity index (χ4n) is 1.56. The Bertz CT molecular complexity index is 503. The average Bonchev–Trinajstić information content (AvgIpc) is 2.45. The van der Waals surface area contributed by atoms with Gasteiger partial charge >= 0.3 is 5.97 Å². The molecule has 0 heterocycles. The van der Waals surface area contributed by atoms with Crippen LogP contribution in [0.15, 0.2) is 12.1 Å². The van der Waals surface area contributed by atoms with Crippen molar-refractivity contribution < 1.29 is 23.9 Å². The molecule has 0 aliphatic carbocycles. The van der Waals surface area contributed by atoms with Crippen molar-refractivity contribution in [2.45, 2.75) is 6.42 Å². The normalized spacial score (nSPS) is 9.75. The molecule has 0 radical (unpaired) electrons. The molecule has 1 N–H and O–H groups in total. The summed E-state index contributed by atoms with van der Waals surface area (Å²) < 4.78 is 14.6. The third-order valence-electron chi connectivity index (χ3n) is 2.57. The van der Waals surface area contributed by atoms with Crippen molar-refractivity contribution >= 4 is 17.3 Å². The topological polar surface area (TPSA) is 99.9 Å². The number of benzene rings is 1. The van der Waals surface area contributed by atoms with Crippen molar-refractivity contribution in [1.29, 1.82) is 0 Å². The van der Waals surface area contributed by atoms with Crippen LogP contribution < -0.4 is 14.8 Å². The Morgan fingerprint density at radius 1 is 1.25 bits per heavy atom. The van der Waals surface area contributed by atoms with E-state index in [4.69, 9.17) is 9.47 Å². The van der Waals surface area contributed by atoms with Crippen molar-refractivity contribution in [3.8, 4) is 11.5 Å². The Kier molecular flexibility index (Phi) is 5.57. The third-order valence-corrected chi connectivity index (χ3v) is 2.57. The molecule has 0 fully saturated rings. The lowest BCUT2D eigenvalue weighted by molar-refractivity contribution is -0.384. The second-order valence-electron chi connectivity index (χ2n) is 3.73. The molecular weight excluding hydrogens is 268 g/mol. The number of nitro groups is 1. The minimum Gasteiger partial charge on any atom is -0.493 e. The molecule has 0 amide bonds. The van der Waals surface area contributed by atoms with E-state index in [1.54, 1.807) is 0 Å². The summed E-state index contributed by atoms with van der Waals surface area (Å²) in [7, 11) is 4.11. The van der Waals surface area contributed by atoms with E-state index >= 15 is 0 Å². The zero-order chi connectivity index (χ0) is 15.1. The highest BCUT2D eigenvalue weighted by Crippen LogP contribution is 2.37. The molecule has 8 heteroatoms. The number of rotatable bonds is 7. The maximum absolute atomic E-state index is 11.0. The fraction of sp³-hybridized carbons (Fsp3) is 0.417. The lowest BCUT2D eigenvalue weighted by atomic mass is 10.2. The largest absolute Gasteiger partial charge is 0.493 e. The number of ether oxygens (including phenoxy) is 3. The zero-order valence-electron chi connectivity index (χ0n) is 11.5. The molecule has 0 unspecified atom stereocenters. The number of nitrogens with zero attached hydrogens (tertiary/aromatic N) is 1. The Morgan fingerprint density at radius 2 is 1.85 bits per heavy atom. The lowest BCUT2D eigenvalue weighted by Gasteiger charge is -2.11. The van der Waals surface area contributed by atoms with Gasteiger partial charge in [0.1, 0.15) is 5.69 Å². The zero-order valence-corrected chi connectivity index (χ0v) is 11.5. The van der Waals surface area contributed by atoms with Gasteiger partial charge in [-0.2, -0.15) is 0 Å². The Labute approximate surface area is 115 Å². The molecule has 0 bridgehead atoms. The quantitative estimate of drug-likeness (QED) is 0.461. The van der Waals surface area contributed by atoms with Crippen LogP contribution >= 0.6 is 0 Å². The van der Waals surface area contributed by atoms with Crippen LogP contribution in [0.2, 0.25) is 0 Å². The van der Waals surface area contributed by atoms with E-state index in [2.05, 4.69) is 10.1 Å². The highest BCUT2D eigenvalue weighted by atomic mass is 16.6. The molecular formula is C12H16N2O6. The fourth-order valence-corrected chi connectivity index (χ4v) is 1.56. The van der Waals surface area contributed by atoms with Gasteiger partial charge in [0.05, 0.1) is 38.7 Å². The van der Waals surface area contributed by atoms with Crippen molar-refractivity contribution in [2.24, 2.45) is 0 Å². The van der Waals surface area contributed by atoms with Gasteiger partial charge in [-0.25, -0.2) is 0 Å². The van der Waals surface area contributed by atoms with Crippen molar-refractivity contribution in [2.75, 3.05) is 33.2 Å². The van der Waals surface area contributed by atoms with Crippen molar-refractivity contribution in [3.05, 3.63) is 22.2 Å². The summed E-state index contributed by atoms with van der Waals surface area (Å²) in [4.78, 5) is 21.5. The summed E-state index contributed by atoms with van der Waals surface area (Å²) in [5.41, 5.74) is 0.0871. The Hall–Kier alpha value is -2.51. The number of esters is 1. The predicted octanol–water partition coefficient (Wildman–Crippen LogP) is 1.59. The van der Waals surface area contributed by atoms with Crippen molar-refractivity contribution in [3.63, 3.8) is 0 Å². The molecule has 0 spiro atoms. The summed E-state index contributed by atoms with van der Waals surface area (Å²) >= 11 is 0. The molecule has 0 saturated heterocycles. The number of carbonyl (C=O) groups excluding carboxylic acids is 1. The minimum absolute atomic E-state index is 0.0992. The highest BCUT2D eigenvalue weighted by Gasteiger charge is 2.19. The van der Waals surface area contributed by atoms with E-state index < -0.39 is 10.9 Å². The van der Waals surface area contributed by atoms with Gasteiger partial charge in [-0.15, -0.1) is 0 Å². The molecule has 1 aromatic rings. The predicted molar refractivity (Wildman–Crippen MR) is 71.3 cm³/mol. The Morgan fingerprint density at radius 3 is 2.35 bits per heavy atom. The molecule has 0 aliphatic heterocycles. The highest BCUT2D eigenvalue weighted by molar-refractivity contribution is 5.71. The number of hydrogen-bond donors (Lipinski definition) is 1. The van der Waals surface area contributed by atoms with E-state index in [1.165, 1.54) is 33.5 Å². The molecule has 0 aliphatic rings. The van der Waals surface area contributed by atoms with Gasteiger partial charge in [-0.05, 0) is 0 Å². The first kappa shape index (κ1) is 15.5. The summed E-state index contributed by atoms with van der Waals surface area (Å²) in [6.45, 7) is 0.211. The van der Waals surface area contributed by atoms with Gasteiger partial charge in [0.2, 0.25) is 0 Å². The average molecular weight is 284 g/mol.